The third-order valence-electron chi connectivity index (χ3n) is 3.08. The summed E-state index contributed by atoms with van der Waals surface area (Å²) < 4.78 is 26.7. The molecule has 3 rings (SSSR count). The fraction of sp³-hybridized carbons (Fsp3) is 0. The molecule has 6 heteroatoms. The van der Waals surface area contributed by atoms with Gasteiger partial charge in [0.1, 0.15) is 5.82 Å². The summed E-state index contributed by atoms with van der Waals surface area (Å²) in [6.07, 6.45) is 1.70. The van der Waals surface area contributed by atoms with E-state index in [9.17, 15) is 13.6 Å². The van der Waals surface area contributed by atoms with Crippen LogP contribution in [0, 0.1) is 11.6 Å². The van der Waals surface area contributed by atoms with Crippen LogP contribution < -0.4 is 5.32 Å². The largest absolute Gasteiger partial charge is 0.361 e. The molecule has 3 nitrogen and oxygen atoms in total. The number of fused-ring (bicyclic) bond motifs is 1. The fourth-order valence-electron chi connectivity index (χ4n) is 2.13. The van der Waals surface area contributed by atoms with Gasteiger partial charge >= 0.3 is 0 Å². The van der Waals surface area contributed by atoms with Crippen molar-refractivity contribution in [2.24, 2.45) is 0 Å². The molecule has 0 radical (unpaired) electrons. The number of aromatic nitrogens is 1. The number of carbonyl (C=O) groups is 1. The Morgan fingerprint density at radius 3 is 2.76 bits per heavy atom. The Morgan fingerprint density at radius 1 is 1.19 bits per heavy atom. The molecule has 106 valence electrons. The van der Waals surface area contributed by atoms with Crippen molar-refractivity contribution in [2.75, 3.05) is 5.32 Å². The molecule has 0 unspecified atom stereocenters. The molecule has 1 heterocycles. The lowest BCUT2D eigenvalue weighted by Gasteiger charge is -2.09. The molecule has 1 aromatic heterocycles. The molecule has 0 saturated carbocycles. The molecule has 0 aliphatic carbocycles. The average Bonchev–Trinajstić information content (AvgIpc) is 2.90. The van der Waals surface area contributed by atoms with Gasteiger partial charge in [0.05, 0.1) is 10.7 Å². The SMILES string of the molecule is O=C(Nc1c(F)cc(F)cc1Cl)c1cccc2[nH]ccc12. The molecule has 0 aliphatic rings. The maximum absolute atomic E-state index is 13.7. The van der Waals surface area contributed by atoms with Crippen LogP contribution in [-0.2, 0) is 0 Å². The Bertz CT molecular complexity index is 822. The summed E-state index contributed by atoms with van der Waals surface area (Å²) in [5, 5.41) is 2.89. The highest BCUT2D eigenvalue weighted by molar-refractivity contribution is 6.34. The van der Waals surface area contributed by atoms with Crippen LogP contribution in [0.5, 0.6) is 0 Å². The minimum Gasteiger partial charge on any atom is -0.361 e. The first-order valence-electron chi connectivity index (χ1n) is 6.08. The molecule has 3 aromatic rings. The molecule has 1 amide bonds. The van der Waals surface area contributed by atoms with Crippen LogP contribution in [0.2, 0.25) is 5.02 Å². The second kappa shape index (κ2) is 5.18. The molecular formula is C15H9ClF2N2O. The number of hydrogen-bond acceptors (Lipinski definition) is 1. The lowest BCUT2D eigenvalue weighted by atomic mass is 10.1. The third kappa shape index (κ3) is 2.48. The van der Waals surface area contributed by atoms with Crippen molar-refractivity contribution in [1.29, 1.82) is 0 Å². The van der Waals surface area contributed by atoms with Crippen molar-refractivity contribution >= 4 is 34.1 Å². The van der Waals surface area contributed by atoms with Gasteiger partial charge in [-0.25, -0.2) is 8.78 Å². The predicted molar refractivity (Wildman–Crippen MR) is 77.6 cm³/mol. The number of nitrogens with one attached hydrogen (secondary N) is 2. The van der Waals surface area contributed by atoms with Crippen LogP contribution in [0.4, 0.5) is 14.5 Å². The van der Waals surface area contributed by atoms with Crippen molar-refractivity contribution < 1.29 is 13.6 Å². The van der Waals surface area contributed by atoms with Crippen molar-refractivity contribution in [3.63, 3.8) is 0 Å². The summed E-state index contributed by atoms with van der Waals surface area (Å²) in [7, 11) is 0. The van der Waals surface area contributed by atoms with Gasteiger partial charge in [0, 0.05) is 28.7 Å². The minimum atomic E-state index is -0.922. The summed E-state index contributed by atoms with van der Waals surface area (Å²) in [6, 6.07) is 8.48. The second-order valence-corrected chi connectivity index (χ2v) is 4.85. The van der Waals surface area contributed by atoms with Crippen molar-refractivity contribution in [1.82, 2.24) is 4.98 Å². The standard InChI is InChI=1S/C15H9ClF2N2O/c16-11-6-8(17)7-12(18)14(11)20-15(21)10-2-1-3-13-9(10)4-5-19-13/h1-7,19H,(H,20,21). The molecule has 0 spiro atoms. The van der Waals surface area contributed by atoms with Gasteiger partial charge in [0.15, 0.2) is 5.82 Å². The third-order valence-corrected chi connectivity index (χ3v) is 3.38. The molecular weight excluding hydrogens is 298 g/mol. The van der Waals surface area contributed by atoms with Gasteiger partial charge in [-0.05, 0) is 24.3 Å². The van der Waals surface area contributed by atoms with Gasteiger partial charge in [0.25, 0.3) is 5.91 Å². The first-order valence-corrected chi connectivity index (χ1v) is 6.46. The van der Waals surface area contributed by atoms with Crippen LogP contribution in [0.3, 0.4) is 0 Å². The van der Waals surface area contributed by atoms with Crippen molar-refractivity contribution in [3.8, 4) is 0 Å². The molecule has 21 heavy (non-hydrogen) atoms. The number of anilines is 1. The zero-order valence-corrected chi connectivity index (χ0v) is 11.3. The monoisotopic (exact) mass is 306 g/mol. The van der Waals surface area contributed by atoms with Gasteiger partial charge < -0.3 is 10.3 Å². The smallest absolute Gasteiger partial charge is 0.256 e. The van der Waals surface area contributed by atoms with Gasteiger partial charge in [0.2, 0.25) is 0 Å². The van der Waals surface area contributed by atoms with E-state index in [1.54, 1.807) is 24.4 Å². The summed E-state index contributed by atoms with van der Waals surface area (Å²) in [5.74, 6) is -2.24. The lowest BCUT2D eigenvalue weighted by molar-refractivity contribution is 0.102. The summed E-state index contributed by atoms with van der Waals surface area (Å²) >= 11 is 5.76. The Balaban J connectivity index is 1.99. The van der Waals surface area contributed by atoms with E-state index in [0.29, 0.717) is 17.0 Å². The highest BCUT2D eigenvalue weighted by Gasteiger charge is 2.16. The summed E-state index contributed by atoms with van der Waals surface area (Å²) in [6.45, 7) is 0. The summed E-state index contributed by atoms with van der Waals surface area (Å²) in [4.78, 5) is 15.3. The summed E-state index contributed by atoms with van der Waals surface area (Å²) in [5.41, 5.74) is 0.914. The van der Waals surface area contributed by atoms with E-state index in [0.717, 1.165) is 11.6 Å². The molecule has 2 N–H and O–H groups in total. The maximum atomic E-state index is 13.7. The first-order chi connectivity index (χ1) is 10.1. The van der Waals surface area contributed by atoms with Crippen molar-refractivity contribution in [3.05, 3.63) is 64.8 Å². The van der Waals surface area contributed by atoms with E-state index in [1.807, 2.05) is 6.07 Å². The van der Waals surface area contributed by atoms with E-state index in [1.165, 1.54) is 0 Å². The van der Waals surface area contributed by atoms with Crippen molar-refractivity contribution in [2.45, 2.75) is 0 Å². The number of H-pyrrole nitrogens is 1. The number of hydrogen-bond donors (Lipinski definition) is 2. The Morgan fingerprint density at radius 2 is 2.00 bits per heavy atom. The van der Waals surface area contributed by atoms with Gasteiger partial charge in [-0.1, -0.05) is 17.7 Å². The van der Waals surface area contributed by atoms with Gasteiger partial charge in [-0.3, -0.25) is 4.79 Å². The van der Waals surface area contributed by atoms with Gasteiger partial charge in [-0.15, -0.1) is 0 Å². The number of aromatic amines is 1. The Hall–Kier alpha value is -2.40. The van der Waals surface area contributed by atoms with E-state index < -0.39 is 17.5 Å². The average molecular weight is 307 g/mol. The normalized spacial score (nSPS) is 10.8. The van der Waals surface area contributed by atoms with E-state index in [4.69, 9.17) is 11.6 Å². The Kier molecular flexibility index (Phi) is 3.35. The highest BCUT2D eigenvalue weighted by atomic mass is 35.5. The molecule has 0 aliphatic heterocycles. The molecule has 0 bridgehead atoms. The van der Waals surface area contributed by atoms with E-state index >= 15 is 0 Å². The number of halogens is 3. The highest BCUT2D eigenvalue weighted by Crippen LogP contribution is 2.27. The fourth-order valence-corrected chi connectivity index (χ4v) is 2.37. The van der Waals surface area contributed by atoms with Gasteiger partial charge in [-0.2, -0.15) is 0 Å². The van der Waals surface area contributed by atoms with E-state index in [-0.39, 0.29) is 10.7 Å². The zero-order valence-electron chi connectivity index (χ0n) is 10.6. The second-order valence-electron chi connectivity index (χ2n) is 4.44. The zero-order chi connectivity index (χ0) is 15.0. The Labute approximate surface area is 123 Å². The molecule has 0 atom stereocenters. The lowest BCUT2D eigenvalue weighted by Crippen LogP contribution is -2.14. The number of benzene rings is 2. The number of carbonyl (C=O) groups excluding carboxylic acids is 1. The topological polar surface area (TPSA) is 44.9 Å². The molecule has 0 saturated heterocycles. The quantitative estimate of drug-likeness (QED) is 0.726. The van der Waals surface area contributed by atoms with Crippen LogP contribution in [0.15, 0.2) is 42.6 Å². The van der Waals surface area contributed by atoms with Crippen LogP contribution in [0.1, 0.15) is 10.4 Å². The number of rotatable bonds is 2. The molecule has 0 fully saturated rings. The van der Waals surface area contributed by atoms with Crippen LogP contribution in [0.25, 0.3) is 10.9 Å². The number of amides is 1. The van der Waals surface area contributed by atoms with E-state index in [2.05, 4.69) is 10.3 Å². The first kappa shape index (κ1) is 13.6. The predicted octanol–water partition coefficient (Wildman–Crippen LogP) is 4.35. The molecule has 2 aromatic carbocycles. The van der Waals surface area contributed by atoms with Crippen LogP contribution >= 0.6 is 11.6 Å². The minimum absolute atomic E-state index is 0.193. The maximum Gasteiger partial charge on any atom is 0.256 e. The van der Waals surface area contributed by atoms with Crippen LogP contribution in [-0.4, -0.2) is 10.9 Å².